The van der Waals surface area contributed by atoms with Crippen LogP contribution in [0, 0.1) is 5.92 Å². The maximum atomic E-state index is 4.00. The van der Waals surface area contributed by atoms with Gasteiger partial charge in [0.05, 0.1) is 0 Å². The topological polar surface area (TPSA) is 18.5 Å². The Morgan fingerprint density at radius 1 is 0.889 bits per heavy atom. The van der Waals surface area contributed by atoms with E-state index in [0.717, 1.165) is 18.5 Å². The third-order valence-electron chi connectivity index (χ3n) is 6.31. The number of nitrogens with one attached hydrogen (secondary N) is 1. The number of piperidine rings is 2. The third kappa shape index (κ3) is 6.58. The smallest absolute Gasteiger partial charge is 0.0234 e. The van der Waals surface area contributed by atoms with Crippen LogP contribution in [-0.4, -0.2) is 54.1 Å². The van der Waals surface area contributed by atoms with Crippen LogP contribution in [0.4, 0.5) is 0 Å². The molecule has 0 radical (unpaired) electrons. The second kappa shape index (κ2) is 10.0. The Hall–Kier alpha value is -0.900. The van der Waals surface area contributed by atoms with Gasteiger partial charge in [0.2, 0.25) is 0 Å². The summed E-state index contributed by atoms with van der Waals surface area (Å²) in [5.74, 6) is 0.734. The molecule has 0 amide bonds. The quantitative estimate of drug-likeness (QED) is 0.770. The number of nitrogens with zero attached hydrogens (tertiary/aromatic N) is 2. The van der Waals surface area contributed by atoms with Gasteiger partial charge in [-0.05, 0) is 82.6 Å². The van der Waals surface area contributed by atoms with Crippen LogP contribution in [0.25, 0.3) is 0 Å². The predicted molar refractivity (Wildman–Crippen MR) is 116 cm³/mol. The number of likely N-dealkylation sites (tertiary alicyclic amines) is 2. The zero-order chi connectivity index (χ0) is 19.2. The summed E-state index contributed by atoms with van der Waals surface area (Å²) >= 11 is 0. The molecule has 0 unspecified atom stereocenters. The van der Waals surface area contributed by atoms with E-state index in [-0.39, 0.29) is 0 Å². The summed E-state index contributed by atoms with van der Waals surface area (Å²) in [4.78, 5) is 5.27. The van der Waals surface area contributed by atoms with Gasteiger partial charge < -0.3 is 10.2 Å². The fourth-order valence-corrected chi connectivity index (χ4v) is 4.76. The highest BCUT2D eigenvalue weighted by Crippen LogP contribution is 2.19. The standard InChI is InChI=1S/C24H41N3/c1-19(2)16-21-7-9-22(10-8-21)17-26-13-5-6-24(18-26)25-23-11-14-27(15-12-23)20(3)4/h7-10,19-20,23-25H,5-6,11-18H2,1-4H3/t24-/m1/s1. The van der Waals surface area contributed by atoms with Crippen molar-refractivity contribution in [3.05, 3.63) is 35.4 Å². The Morgan fingerprint density at radius 3 is 2.19 bits per heavy atom. The average Bonchev–Trinajstić information content (AvgIpc) is 2.64. The van der Waals surface area contributed by atoms with E-state index >= 15 is 0 Å². The van der Waals surface area contributed by atoms with E-state index in [1.807, 2.05) is 0 Å². The Balaban J connectivity index is 1.44. The van der Waals surface area contributed by atoms with Gasteiger partial charge in [-0.1, -0.05) is 38.1 Å². The van der Waals surface area contributed by atoms with Crippen molar-refractivity contribution in [2.75, 3.05) is 26.2 Å². The Bertz CT molecular complexity index is 543. The average molecular weight is 372 g/mol. The van der Waals surface area contributed by atoms with Crippen molar-refractivity contribution >= 4 is 0 Å². The van der Waals surface area contributed by atoms with Crippen LogP contribution in [0.1, 0.15) is 64.5 Å². The molecule has 0 aromatic heterocycles. The van der Waals surface area contributed by atoms with Crippen LogP contribution in [0.3, 0.4) is 0 Å². The van der Waals surface area contributed by atoms with Crippen molar-refractivity contribution < 1.29 is 0 Å². The van der Waals surface area contributed by atoms with Gasteiger partial charge in [-0.25, -0.2) is 0 Å². The molecule has 0 bridgehead atoms. The molecule has 2 fully saturated rings. The van der Waals surface area contributed by atoms with E-state index in [4.69, 9.17) is 0 Å². The molecule has 1 aromatic rings. The van der Waals surface area contributed by atoms with Crippen LogP contribution >= 0.6 is 0 Å². The van der Waals surface area contributed by atoms with Crippen molar-refractivity contribution in [2.45, 2.75) is 84.5 Å². The van der Waals surface area contributed by atoms with Crippen LogP contribution in [0.5, 0.6) is 0 Å². The first-order valence-corrected chi connectivity index (χ1v) is 11.3. The first-order valence-electron chi connectivity index (χ1n) is 11.3. The molecule has 2 aliphatic rings. The van der Waals surface area contributed by atoms with E-state index in [1.54, 1.807) is 0 Å². The highest BCUT2D eigenvalue weighted by molar-refractivity contribution is 5.23. The Kier molecular flexibility index (Phi) is 7.75. The highest BCUT2D eigenvalue weighted by atomic mass is 15.2. The summed E-state index contributed by atoms with van der Waals surface area (Å²) in [6, 6.07) is 11.4. The Labute approximate surface area is 167 Å². The molecule has 27 heavy (non-hydrogen) atoms. The molecular weight excluding hydrogens is 330 g/mol. The first kappa shape index (κ1) is 20.8. The molecule has 0 saturated carbocycles. The molecule has 3 heteroatoms. The minimum absolute atomic E-state index is 0.676. The fourth-order valence-electron chi connectivity index (χ4n) is 4.76. The molecule has 2 saturated heterocycles. The second-order valence-corrected chi connectivity index (χ2v) is 9.56. The Morgan fingerprint density at radius 2 is 1.56 bits per heavy atom. The summed E-state index contributed by atoms with van der Waals surface area (Å²) in [6.07, 6.45) is 6.48. The normalized spacial score (nSPS) is 23.4. The van der Waals surface area contributed by atoms with Gasteiger partial charge in [-0.2, -0.15) is 0 Å². The van der Waals surface area contributed by atoms with Crippen molar-refractivity contribution in [3.8, 4) is 0 Å². The van der Waals surface area contributed by atoms with E-state index < -0.39 is 0 Å². The first-order chi connectivity index (χ1) is 13.0. The number of hydrogen-bond acceptors (Lipinski definition) is 3. The van der Waals surface area contributed by atoms with E-state index in [2.05, 4.69) is 67.1 Å². The summed E-state index contributed by atoms with van der Waals surface area (Å²) in [6.45, 7) is 15.3. The lowest BCUT2D eigenvalue weighted by Gasteiger charge is -2.39. The molecule has 3 nitrogen and oxygen atoms in total. The number of benzene rings is 1. The molecule has 1 N–H and O–H groups in total. The van der Waals surface area contributed by atoms with Crippen LogP contribution in [0.2, 0.25) is 0 Å². The van der Waals surface area contributed by atoms with Gasteiger partial charge in [0, 0.05) is 31.2 Å². The third-order valence-corrected chi connectivity index (χ3v) is 6.31. The lowest BCUT2D eigenvalue weighted by Crippen LogP contribution is -2.52. The molecule has 0 aliphatic carbocycles. The number of hydrogen-bond donors (Lipinski definition) is 1. The lowest BCUT2D eigenvalue weighted by molar-refractivity contribution is 0.134. The molecule has 2 heterocycles. The monoisotopic (exact) mass is 371 g/mol. The minimum atomic E-state index is 0.676. The SMILES string of the molecule is CC(C)Cc1ccc(CN2CCC[C@@H](NC3CCN(C(C)C)CC3)C2)cc1. The summed E-state index contributed by atoms with van der Waals surface area (Å²) < 4.78 is 0. The highest BCUT2D eigenvalue weighted by Gasteiger charge is 2.25. The van der Waals surface area contributed by atoms with Gasteiger partial charge in [-0.15, -0.1) is 0 Å². The lowest BCUT2D eigenvalue weighted by atomic mass is 9.98. The van der Waals surface area contributed by atoms with E-state index in [1.165, 1.54) is 69.4 Å². The second-order valence-electron chi connectivity index (χ2n) is 9.56. The molecule has 0 spiro atoms. The van der Waals surface area contributed by atoms with Gasteiger partial charge in [0.1, 0.15) is 0 Å². The minimum Gasteiger partial charge on any atom is -0.310 e. The zero-order valence-corrected chi connectivity index (χ0v) is 18.1. The van der Waals surface area contributed by atoms with Gasteiger partial charge in [-0.3, -0.25) is 4.90 Å². The maximum Gasteiger partial charge on any atom is 0.0234 e. The molecule has 1 aromatic carbocycles. The maximum absolute atomic E-state index is 4.00. The van der Waals surface area contributed by atoms with E-state index in [9.17, 15) is 0 Å². The van der Waals surface area contributed by atoms with Crippen molar-refractivity contribution in [1.29, 1.82) is 0 Å². The van der Waals surface area contributed by atoms with Crippen molar-refractivity contribution in [3.63, 3.8) is 0 Å². The number of rotatable bonds is 7. The van der Waals surface area contributed by atoms with Gasteiger partial charge in [0.15, 0.2) is 0 Å². The largest absolute Gasteiger partial charge is 0.310 e. The van der Waals surface area contributed by atoms with Crippen LogP contribution in [-0.2, 0) is 13.0 Å². The van der Waals surface area contributed by atoms with E-state index in [0.29, 0.717) is 12.1 Å². The molecule has 2 aliphatic heterocycles. The molecule has 1 atom stereocenters. The fraction of sp³-hybridized carbons (Fsp3) is 0.750. The molecule has 3 rings (SSSR count). The van der Waals surface area contributed by atoms with Crippen molar-refractivity contribution in [2.24, 2.45) is 5.92 Å². The van der Waals surface area contributed by atoms with Crippen LogP contribution < -0.4 is 5.32 Å². The van der Waals surface area contributed by atoms with Gasteiger partial charge >= 0.3 is 0 Å². The molecule has 152 valence electrons. The zero-order valence-electron chi connectivity index (χ0n) is 18.1. The van der Waals surface area contributed by atoms with Gasteiger partial charge in [0.25, 0.3) is 0 Å². The summed E-state index contributed by atoms with van der Waals surface area (Å²) in [5.41, 5.74) is 2.94. The predicted octanol–water partition coefficient (Wildman–Crippen LogP) is 4.31. The van der Waals surface area contributed by atoms with Crippen molar-refractivity contribution in [1.82, 2.24) is 15.1 Å². The molecular formula is C24H41N3. The van der Waals surface area contributed by atoms with Crippen LogP contribution in [0.15, 0.2) is 24.3 Å². The summed E-state index contributed by atoms with van der Waals surface area (Å²) in [7, 11) is 0. The summed E-state index contributed by atoms with van der Waals surface area (Å²) in [5, 5.41) is 4.00.